The quantitative estimate of drug-likeness (QED) is 0.0936. The van der Waals surface area contributed by atoms with Gasteiger partial charge in [-0.2, -0.15) is 0 Å². The Labute approximate surface area is 290 Å². The zero-order valence-electron chi connectivity index (χ0n) is 28.8. The SMILES string of the molecule is CCN(CC)N(CC)C(=O)c1c(C)[nH]c(C=C2C(=O)Nc3cc(C=CCNc4ncccc4C(=O)NCc4ccc(F)c(F)c4)ccc32)c1C. The van der Waals surface area contributed by atoms with E-state index in [0.717, 1.165) is 47.6 Å². The Hall–Kier alpha value is -5.62. The number of fused-ring (bicyclic) bond motifs is 1. The van der Waals surface area contributed by atoms with Crippen LogP contribution >= 0.6 is 0 Å². The average molecular weight is 682 g/mol. The molecule has 2 aromatic carbocycles. The average Bonchev–Trinajstić information content (AvgIpc) is 3.57. The highest BCUT2D eigenvalue weighted by Gasteiger charge is 2.28. The lowest BCUT2D eigenvalue weighted by molar-refractivity contribution is -0.110. The van der Waals surface area contributed by atoms with Crippen LogP contribution in [0.4, 0.5) is 20.3 Å². The molecule has 1 aliphatic heterocycles. The van der Waals surface area contributed by atoms with Gasteiger partial charge in [0.2, 0.25) is 0 Å². The maximum absolute atomic E-state index is 13.6. The molecule has 0 saturated carbocycles. The Morgan fingerprint density at radius 1 is 0.980 bits per heavy atom. The van der Waals surface area contributed by atoms with Crippen LogP contribution in [0.25, 0.3) is 17.7 Å². The monoisotopic (exact) mass is 681 g/mol. The molecule has 4 aromatic rings. The fourth-order valence-corrected chi connectivity index (χ4v) is 6.02. The summed E-state index contributed by atoms with van der Waals surface area (Å²) < 4.78 is 26.8. The highest BCUT2D eigenvalue weighted by atomic mass is 19.2. The van der Waals surface area contributed by atoms with E-state index in [9.17, 15) is 23.2 Å². The number of aryl methyl sites for hydroxylation is 1. The first-order valence-electron chi connectivity index (χ1n) is 16.6. The lowest BCUT2D eigenvalue weighted by atomic mass is 10.0. The minimum atomic E-state index is -0.977. The minimum absolute atomic E-state index is 0.0235. The van der Waals surface area contributed by atoms with Gasteiger partial charge in [-0.05, 0) is 73.9 Å². The van der Waals surface area contributed by atoms with Crippen molar-refractivity contribution >= 4 is 47.0 Å². The Morgan fingerprint density at radius 3 is 2.48 bits per heavy atom. The first-order valence-corrected chi connectivity index (χ1v) is 16.6. The first-order chi connectivity index (χ1) is 24.1. The van der Waals surface area contributed by atoms with Crippen molar-refractivity contribution in [2.24, 2.45) is 0 Å². The van der Waals surface area contributed by atoms with Crippen LogP contribution in [0.15, 0.2) is 60.8 Å². The third-order valence-corrected chi connectivity index (χ3v) is 8.60. The van der Waals surface area contributed by atoms with E-state index in [4.69, 9.17) is 0 Å². The summed E-state index contributed by atoms with van der Waals surface area (Å²) in [6.45, 7) is 12.1. The summed E-state index contributed by atoms with van der Waals surface area (Å²) in [6, 6.07) is 12.4. The molecule has 3 heterocycles. The molecular weight excluding hydrogens is 640 g/mol. The van der Waals surface area contributed by atoms with Crippen molar-refractivity contribution in [3.05, 3.63) is 117 Å². The van der Waals surface area contributed by atoms with E-state index in [2.05, 4.69) is 25.9 Å². The Kier molecular flexibility index (Phi) is 11.2. The number of rotatable bonds is 13. The third-order valence-electron chi connectivity index (χ3n) is 8.60. The number of carbonyl (C=O) groups excluding carboxylic acids is 3. The number of halogens is 2. The van der Waals surface area contributed by atoms with E-state index in [1.165, 1.54) is 6.07 Å². The Bertz CT molecular complexity index is 1980. The molecule has 0 radical (unpaired) electrons. The summed E-state index contributed by atoms with van der Waals surface area (Å²) in [7, 11) is 0. The number of hydrogen-bond donors (Lipinski definition) is 4. The molecule has 2 aromatic heterocycles. The molecule has 0 saturated heterocycles. The molecule has 50 heavy (non-hydrogen) atoms. The smallest absolute Gasteiger partial charge is 0.270 e. The molecular formula is C38H41F2N7O3. The fourth-order valence-electron chi connectivity index (χ4n) is 6.02. The molecule has 0 unspecified atom stereocenters. The predicted octanol–water partition coefficient (Wildman–Crippen LogP) is 6.57. The van der Waals surface area contributed by atoms with Gasteiger partial charge >= 0.3 is 0 Å². The largest absolute Gasteiger partial charge is 0.366 e. The number of nitrogens with one attached hydrogen (secondary N) is 4. The van der Waals surface area contributed by atoms with E-state index in [-0.39, 0.29) is 18.4 Å². The molecule has 0 fully saturated rings. The lowest BCUT2D eigenvalue weighted by Gasteiger charge is -2.32. The van der Waals surface area contributed by atoms with Crippen molar-refractivity contribution in [2.75, 3.05) is 36.8 Å². The number of amides is 3. The van der Waals surface area contributed by atoms with Crippen LogP contribution in [0, 0.1) is 25.5 Å². The molecule has 5 rings (SSSR count). The molecule has 0 atom stereocenters. The minimum Gasteiger partial charge on any atom is -0.366 e. The highest BCUT2D eigenvalue weighted by molar-refractivity contribution is 6.35. The zero-order chi connectivity index (χ0) is 35.9. The molecule has 3 amide bonds. The van der Waals surface area contributed by atoms with Gasteiger partial charge < -0.3 is 20.9 Å². The standard InChI is InChI=1S/C38H41F2N7O3/c1-6-46(7-2)47(8-3)38(50)34-23(4)32(44-24(34)5)21-29-27-15-13-25(20-33(27)45-37(29)49)11-9-17-41-35-28(12-10-18-42-35)36(48)43-22-26-14-16-30(39)31(40)19-26/h9-16,18-21,44H,6-8,17,22H2,1-5H3,(H,41,42)(H,43,48)(H,45,49). The van der Waals surface area contributed by atoms with Gasteiger partial charge in [0, 0.05) is 61.6 Å². The van der Waals surface area contributed by atoms with Crippen LogP contribution in [-0.2, 0) is 11.3 Å². The number of hydrogen-bond acceptors (Lipinski definition) is 6. The molecule has 1 aliphatic rings. The van der Waals surface area contributed by atoms with Gasteiger partial charge in [-0.3, -0.25) is 19.4 Å². The molecule has 0 aliphatic carbocycles. The molecule has 0 spiro atoms. The molecule has 10 nitrogen and oxygen atoms in total. The van der Waals surface area contributed by atoms with Crippen molar-refractivity contribution in [2.45, 2.75) is 41.2 Å². The summed E-state index contributed by atoms with van der Waals surface area (Å²) >= 11 is 0. The van der Waals surface area contributed by atoms with Crippen LogP contribution in [0.1, 0.15) is 75.1 Å². The lowest BCUT2D eigenvalue weighted by Crippen LogP contribution is -2.46. The number of benzene rings is 2. The number of carbonyl (C=O) groups is 3. The normalized spacial score (nSPS) is 13.2. The van der Waals surface area contributed by atoms with E-state index in [1.54, 1.807) is 29.4 Å². The van der Waals surface area contributed by atoms with Gasteiger partial charge in [-0.15, -0.1) is 0 Å². The van der Waals surface area contributed by atoms with Gasteiger partial charge in [-0.1, -0.05) is 44.2 Å². The van der Waals surface area contributed by atoms with Gasteiger partial charge in [0.15, 0.2) is 11.6 Å². The van der Waals surface area contributed by atoms with Gasteiger partial charge in [0.1, 0.15) is 5.82 Å². The number of aromatic nitrogens is 2. The fraction of sp³-hybridized carbons (Fsp3) is 0.263. The highest BCUT2D eigenvalue weighted by Crippen LogP contribution is 2.35. The number of hydrazine groups is 1. The molecule has 12 heteroatoms. The third kappa shape index (κ3) is 7.65. The van der Waals surface area contributed by atoms with Gasteiger partial charge in [0.05, 0.1) is 16.7 Å². The summed E-state index contributed by atoms with van der Waals surface area (Å²) in [5.74, 6) is -2.28. The van der Waals surface area contributed by atoms with E-state index < -0.39 is 17.5 Å². The van der Waals surface area contributed by atoms with E-state index >= 15 is 0 Å². The zero-order valence-corrected chi connectivity index (χ0v) is 28.8. The van der Waals surface area contributed by atoms with Crippen LogP contribution < -0.4 is 16.0 Å². The van der Waals surface area contributed by atoms with Gasteiger partial charge in [-0.25, -0.2) is 18.8 Å². The second-order valence-corrected chi connectivity index (χ2v) is 11.8. The molecule has 260 valence electrons. The van der Waals surface area contributed by atoms with Crippen LogP contribution in [0.2, 0.25) is 0 Å². The molecule has 0 bridgehead atoms. The summed E-state index contributed by atoms with van der Waals surface area (Å²) in [5.41, 5.74) is 6.38. The Balaban J connectivity index is 1.25. The van der Waals surface area contributed by atoms with Crippen molar-refractivity contribution in [1.29, 1.82) is 0 Å². The second-order valence-electron chi connectivity index (χ2n) is 11.8. The summed E-state index contributed by atoms with van der Waals surface area (Å²) in [4.78, 5) is 47.1. The predicted molar refractivity (Wildman–Crippen MR) is 192 cm³/mol. The van der Waals surface area contributed by atoms with Crippen LogP contribution in [0.3, 0.4) is 0 Å². The summed E-state index contributed by atoms with van der Waals surface area (Å²) in [6.07, 6.45) is 7.12. The number of H-pyrrole nitrogens is 1. The molecule has 4 N–H and O–H groups in total. The van der Waals surface area contributed by atoms with Crippen molar-refractivity contribution in [3.8, 4) is 0 Å². The Morgan fingerprint density at radius 2 is 1.76 bits per heavy atom. The number of anilines is 2. The topological polar surface area (TPSA) is 122 Å². The first kappa shape index (κ1) is 35.7. The second kappa shape index (κ2) is 15.7. The van der Waals surface area contributed by atoms with Crippen molar-refractivity contribution in [3.63, 3.8) is 0 Å². The number of nitrogens with zero attached hydrogens (tertiary/aromatic N) is 3. The van der Waals surface area contributed by atoms with Crippen molar-refractivity contribution in [1.82, 2.24) is 25.3 Å². The number of pyridine rings is 1. The van der Waals surface area contributed by atoms with Crippen LogP contribution in [0.5, 0.6) is 0 Å². The van der Waals surface area contributed by atoms with Crippen LogP contribution in [-0.4, -0.2) is 63.9 Å². The van der Waals surface area contributed by atoms with Crippen molar-refractivity contribution < 1.29 is 23.2 Å². The van der Waals surface area contributed by atoms with Gasteiger partial charge in [0.25, 0.3) is 17.7 Å². The maximum Gasteiger partial charge on any atom is 0.270 e. The maximum atomic E-state index is 13.6. The van der Waals surface area contributed by atoms with E-state index in [1.807, 2.05) is 70.0 Å². The number of aromatic amines is 1. The summed E-state index contributed by atoms with van der Waals surface area (Å²) in [5, 5.41) is 12.6. The van der Waals surface area contributed by atoms with E-state index in [0.29, 0.717) is 52.6 Å².